The SMILES string of the molecule is CB(O)NC1CCC(Cn2cncn2)C1. The molecule has 0 bridgehead atoms. The van der Waals surface area contributed by atoms with Gasteiger partial charge >= 0.3 is 7.05 Å². The van der Waals surface area contributed by atoms with Gasteiger partial charge in [0.25, 0.3) is 0 Å². The van der Waals surface area contributed by atoms with Crippen LogP contribution in [0.1, 0.15) is 19.3 Å². The molecule has 1 aromatic heterocycles. The van der Waals surface area contributed by atoms with Crippen molar-refractivity contribution >= 4 is 7.05 Å². The van der Waals surface area contributed by atoms with Crippen LogP contribution in [0.2, 0.25) is 6.82 Å². The second kappa shape index (κ2) is 4.76. The molecule has 82 valence electrons. The number of rotatable bonds is 4. The standard InChI is InChI=1S/C9H17BN4O/c1-10(15)13-9-3-2-8(4-9)5-14-7-11-6-12-14/h6-9,13,15H,2-5H2,1H3. The first kappa shape index (κ1) is 10.6. The summed E-state index contributed by atoms with van der Waals surface area (Å²) < 4.78 is 1.88. The van der Waals surface area contributed by atoms with Crippen molar-refractivity contribution in [3.05, 3.63) is 12.7 Å². The van der Waals surface area contributed by atoms with E-state index in [0.29, 0.717) is 12.0 Å². The summed E-state index contributed by atoms with van der Waals surface area (Å²) in [4.78, 5) is 3.93. The molecule has 5 nitrogen and oxygen atoms in total. The van der Waals surface area contributed by atoms with E-state index in [2.05, 4.69) is 15.3 Å². The molecular formula is C9H17BN4O. The minimum absolute atomic E-state index is 0.403. The Kier molecular flexibility index (Phi) is 3.38. The molecule has 0 radical (unpaired) electrons. The number of nitrogens with one attached hydrogen (secondary N) is 1. The summed E-state index contributed by atoms with van der Waals surface area (Å²) in [6, 6.07) is 0.457. The van der Waals surface area contributed by atoms with Crippen molar-refractivity contribution in [2.24, 2.45) is 5.92 Å². The van der Waals surface area contributed by atoms with Crippen molar-refractivity contribution in [3.63, 3.8) is 0 Å². The first-order valence-corrected chi connectivity index (χ1v) is 5.50. The summed E-state index contributed by atoms with van der Waals surface area (Å²) in [5.74, 6) is 0.656. The molecule has 1 aliphatic rings. The molecule has 1 heterocycles. The molecule has 0 amide bonds. The normalized spacial score (nSPS) is 25.7. The highest BCUT2D eigenvalue weighted by Gasteiger charge is 2.26. The Morgan fingerprint density at radius 1 is 1.60 bits per heavy atom. The van der Waals surface area contributed by atoms with Crippen LogP contribution in [0.25, 0.3) is 0 Å². The first-order chi connectivity index (χ1) is 7.24. The van der Waals surface area contributed by atoms with Gasteiger partial charge in [0.05, 0.1) is 0 Å². The fraction of sp³-hybridized carbons (Fsp3) is 0.778. The molecule has 15 heavy (non-hydrogen) atoms. The van der Waals surface area contributed by atoms with E-state index < -0.39 is 7.05 Å². The van der Waals surface area contributed by atoms with E-state index in [1.165, 1.54) is 6.42 Å². The van der Waals surface area contributed by atoms with Gasteiger partial charge in [-0.25, -0.2) is 4.98 Å². The van der Waals surface area contributed by atoms with Crippen LogP contribution in [-0.4, -0.2) is 32.9 Å². The lowest BCUT2D eigenvalue weighted by Crippen LogP contribution is -2.38. The van der Waals surface area contributed by atoms with E-state index in [1.807, 2.05) is 4.68 Å². The van der Waals surface area contributed by atoms with Crippen LogP contribution in [0.15, 0.2) is 12.7 Å². The number of hydrogen-bond donors (Lipinski definition) is 2. The second-order valence-electron chi connectivity index (χ2n) is 4.34. The van der Waals surface area contributed by atoms with Gasteiger partial charge in [-0.05, 0) is 38.0 Å². The molecule has 2 unspecified atom stereocenters. The maximum atomic E-state index is 9.22. The molecular weight excluding hydrogens is 191 g/mol. The number of hydrogen-bond acceptors (Lipinski definition) is 4. The molecule has 0 aliphatic heterocycles. The highest BCUT2D eigenvalue weighted by atomic mass is 16.2. The zero-order valence-electron chi connectivity index (χ0n) is 9.00. The summed E-state index contributed by atoms with van der Waals surface area (Å²) in [6.07, 6.45) is 6.79. The van der Waals surface area contributed by atoms with E-state index in [4.69, 9.17) is 0 Å². The van der Waals surface area contributed by atoms with Crippen LogP contribution in [0.4, 0.5) is 0 Å². The van der Waals surface area contributed by atoms with Gasteiger partial charge < -0.3 is 10.3 Å². The molecule has 1 aliphatic carbocycles. The number of nitrogens with zero attached hydrogens (tertiary/aromatic N) is 3. The summed E-state index contributed by atoms with van der Waals surface area (Å²) in [5.41, 5.74) is 0. The van der Waals surface area contributed by atoms with Gasteiger partial charge in [0.2, 0.25) is 0 Å². The third-order valence-corrected chi connectivity index (χ3v) is 2.93. The quantitative estimate of drug-likeness (QED) is 0.691. The average Bonchev–Trinajstić information content (AvgIpc) is 2.77. The molecule has 0 aromatic carbocycles. The van der Waals surface area contributed by atoms with Crippen molar-refractivity contribution in [1.29, 1.82) is 0 Å². The van der Waals surface area contributed by atoms with E-state index >= 15 is 0 Å². The highest BCUT2D eigenvalue weighted by molar-refractivity contribution is 6.45. The van der Waals surface area contributed by atoms with Gasteiger partial charge in [-0.3, -0.25) is 4.68 Å². The van der Waals surface area contributed by atoms with Crippen molar-refractivity contribution in [1.82, 2.24) is 20.0 Å². The fourth-order valence-corrected chi connectivity index (χ4v) is 2.32. The third kappa shape index (κ3) is 3.04. The van der Waals surface area contributed by atoms with Crippen LogP contribution in [-0.2, 0) is 6.54 Å². The topological polar surface area (TPSA) is 63.0 Å². The van der Waals surface area contributed by atoms with Crippen molar-refractivity contribution in [3.8, 4) is 0 Å². The minimum Gasteiger partial charge on any atom is -0.437 e. The first-order valence-electron chi connectivity index (χ1n) is 5.50. The van der Waals surface area contributed by atoms with Gasteiger partial charge in [-0.15, -0.1) is 0 Å². The van der Waals surface area contributed by atoms with Crippen molar-refractivity contribution < 1.29 is 5.02 Å². The van der Waals surface area contributed by atoms with Crippen LogP contribution in [0.5, 0.6) is 0 Å². The van der Waals surface area contributed by atoms with E-state index in [9.17, 15) is 5.02 Å². The zero-order chi connectivity index (χ0) is 10.7. The lowest BCUT2D eigenvalue weighted by Gasteiger charge is -2.13. The molecule has 0 saturated heterocycles. The molecule has 1 saturated carbocycles. The van der Waals surface area contributed by atoms with Gasteiger partial charge in [0, 0.05) is 6.54 Å². The van der Waals surface area contributed by atoms with E-state index in [1.54, 1.807) is 19.5 Å². The maximum Gasteiger partial charge on any atom is 0.373 e. The van der Waals surface area contributed by atoms with E-state index in [-0.39, 0.29) is 0 Å². The Labute approximate surface area is 90.0 Å². The summed E-state index contributed by atoms with van der Waals surface area (Å²) in [6.45, 7) is 2.71. The summed E-state index contributed by atoms with van der Waals surface area (Å²) in [5, 5.41) is 16.5. The average molecular weight is 208 g/mol. The molecule has 6 heteroatoms. The molecule has 2 N–H and O–H groups in total. The molecule has 2 rings (SSSR count). The fourth-order valence-electron chi connectivity index (χ4n) is 2.32. The van der Waals surface area contributed by atoms with Crippen LogP contribution < -0.4 is 5.23 Å². The smallest absolute Gasteiger partial charge is 0.373 e. The van der Waals surface area contributed by atoms with Gasteiger partial charge in [0.1, 0.15) is 12.7 Å². The third-order valence-electron chi connectivity index (χ3n) is 2.93. The van der Waals surface area contributed by atoms with Crippen molar-refractivity contribution in [2.75, 3.05) is 0 Å². The second-order valence-corrected chi connectivity index (χ2v) is 4.34. The Balaban J connectivity index is 1.78. The van der Waals surface area contributed by atoms with Crippen LogP contribution in [0.3, 0.4) is 0 Å². The predicted octanol–water partition coefficient (Wildman–Crippen LogP) is 0.147. The molecule has 1 fully saturated rings. The summed E-state index contributed by atoms with van der Waals surface area (Å²) in [7, 11) is -0.403. The molecule has 0 spiro atoms. The predicted molar refractivity (Wildman–Crippen MR) is 58.1 cm³/mol. The maximum absolute atomic E-state index is 9.22. The molecule has 1 aromatic rings. The zero-order valence-corrected chi connectivity index (χ0v) is 9.00. The lowest BCUT2D eigenvalue weighted by atomic mass is 9.87. The Bertz CT molecular complexity index is 290. The Morgan fingerprint density at radius 2 is 2.47 bits per heavy atom. The van der Waals surface area contributed by atoms with Gasteiger partial charge in [-0.1, -0.05) is 0 Å². The molecule has 2 atom stereocenters. The number of aromatic nitrogens is 3. The lowest BCUT2D eigenvalue weighted by molar-refractivity contribution is 0.417. The van der Waals surface area contributed by atoms with Gasteiger partial charge in [0.15, 0.2) is 0 Å². The van der Waals surface area contributed by atoms with Crippen molar-refractivity contribution in [2.45, 2.75) is 38.7 Å². The van der Waals surface area contributed by atoms with E-state index in [0.717, 1.165) is 19.4 Å². The Morgan fingerprint density at radius 3 is 3.13 bits per heavy atom. The monoisotopic (exact) mass is 208 g/mol. The largest absolute Gasteiger partial charge is 0.437 e. The van der Waals surface area contributed by atoms with Crippen LogP contribution in [0, 0.1) is 5.92 Å². The highest BCUT2D eigenvalue weighted by Crippen LogP contribution is 2.26. The summed E-state index contributed by atoms with van der Waals surface area (Å²) >= 11 is 0. The Hall–Kier alpha value is -0.875. The van der Waals surface area contributed by atoms with Gasteiger partial charge in [-0.2, -0.15) is 5.10 Å². The van der Waals surface area contributed by atoms with Crippen LogP contribution >= 0.6 is 0 Å². The minimum atomic E-state index is -0.403.